The van der Waals surface area contributed by atoms with E-state index in [4.69, 9.17) is 0 Å². The molecule has 1 rings (SSSR count). The molecule has 0 aliphatic rings. The number of nitrogens with zero attached hydrogens (tertiary/aromatic N) is 2. The molecular formula is C14H25IN4O2S. The maximum atomic E-state index is 11.0. The monoisotopic (exact) mass is 440 g/mol. The minimum absolute atomic E-state index is 0. The van der Waals surface area contributed by atoms with Crippen LogP contribution in [0.4, 0.5) is 0 Å². The van der Waals surface area contributed by atoms with Crippen molar-refractivity contribution in [2.24, 2.45) is 4.99 Å². The highest BCUT2D eigenvalue weighted by Gasteiger charge is 2.02. The fourth-order valence-corrected chi connectivity index (χ4v) is 2.52. The number of guanidine groups is 1. The molecule has 0 saturated carbocycles. The molecule has 0 atom stereocenters. The molecule has 6 nitrogen and oxygen atoms in total. The molecule has 0 spiro atoms. The van der Waals surface area contributed by atoms with E-state index in [2.05, 4.69) is 32.3 Å². The molecular weight excluding hydrogens is 415 g/mol. The van der Waals surface area contributed by atoms with E-state index in [-0.39, 0.29) is 29.9 Å². The molecule has 126 valence electrons. The maximum absolute atomic E-state index is 11.0. The van der Waals surface area contributed by atoms with Crippen LogP contribution in [0.2, 0.25) is 0 Å². The van der Waals surface area contributed by atoms with E-state index in [1.54, 1.807) is 18.4 Å². The molecule has 0 fully saturated rings. The first-order chi connectivity index (χ1) is 10.2. The predicted octanol–water partition coefficient (Wildman–Crippen LogP) is 2.12. The summed E-state index contributed by atoms with van der Waals surface area (Å²) in [7, 11) is 3.16. The Bertz CT molecular complexity index is 465. The fraction of sp³-hybridized carbons (Fsp3) is 0.643. The zero-order chi connectivity index (χ0) is 15.5. The van der Waals surface area contributed by atoms with Gasteiger partial charge in [0.2, 0.25) is 0 Å². The number of methoxy groups -OCH3 is 1. The molecule has 0 aromatic carbocycles. The van der Waals surface area contributed by atoms with Crippen molar-refractivity contribution in [2.45, 2.75) is 32.6 Å². The van der Waals surface area contributed by atoms with Crippen LogP contribution in [0, 0.1) is 6.92 Å². The van der Waals surface area contributed by atoms with Gasteiger partial charge in [-0.05, 0) is 19.8 Å². The van der Waals surface area contributed by atoms with Gasteiger partial charge in [0.1, 0.15) is 0 Å². The topological polar surface area (TPSA) is 75.6 Å². The number of unbranched alkanes of at least 4 members (excludes halogenated alkanes) is 1. The van der Waals surface area contributed by atoms with Crippen LogP contribution in [0.25, 0.3) is 0 Å². The van der Waals surface area contributed by atoms with Gasteiger partial charge in [0.05, 0.1) is 12.1 Å². The van der Waals surface area contributed by atoms with Gasteiger partial charge in [-0.1, -0.05) is 0 Å². The van der Waals surface area contributed by atoms with Gasteiger partial charge < -0.3 is 15.4 Å². The van der Waals surface area contributed by atoms with Gasteiger partial charge in [0.25, 0.3) is 0 Å². The number of carbonyl (C=O) groups excluding carboxylic acids is 1. The van der Waals surface area contributed by atoms with Crippen molar-refractivity contribution < 1.29 is 9.53 Å². The van der Waals surface area contributed by atoms with Crippen molar-refractivity contribution in [3.05, 3.63) is 16.1 Å². The fourth-order valence-electron chi connectivity index (χ4n) is 1.73. The number of ether oxygens (including phenoxy) is 1. The standard InChI is InChI=1S/C14H24N4O2S.HI/c1-11-10-18-12(21-11)7-9-17-14(15-2)16-8-5-4-6-13(19)20-3;/h10H,4-9H2,1-3H3,(H2,15,16,17);1H. The van der Waals surface area contributed by atoms with Gasteiger partial charge in [-0.3, -0.25) is 9.79 Å². The number of rotatable bonds is 8. The summed E-state index contributed by atoms with van der Waals surface area (Å²) >= 11 is 1.72. The zero-order valence-electron chi connectivity index (χ0n) is 13.3. The minimum Gasteiger partial charge on any atom is -0.469 e. The van der Waals surface area contributed by atoms with Gasteiger partial charge in [-0.25, -0.2) is 4.98 Å². The van der Waals surface area contributed by atoms with E-state index in [1.807, 2.05) is 6.20 Å². The van der Waals surface area contributed by atoms with Gasteiger partial charge in [-0.2, -0.15) is 0 Å². The summed E-state index contributed by atoms with van der Waals surface area (Å²) in [6.45, 7) is 3.64. The zero-order valence-corrected chi connectivity index (χ0v) is 16.5. The number of aliphatic imine (C=N–C) groups is 1. The lowest BCUT2D eigenvalue weighted by Gasteiger charge is -2.11. The Morgan fingerprint density at radius 1 is 1.36 bits per heavy atom. The van der Waals surface area contributed by atoms with E-state index in [0.717, 1.165) is 43.3 Å². The van der Waals surface area contributed by atoms with Gasteiger partial charge in [0, 0.05) is 44.1 Å². The first kappa shape index (κ1) is 21.1. The van der Waals surface area contributed by atoms with Crippen molar-refractivity contribution in [3.63, 3.8) is 0 Å². The van der Waals surface area contributed by atoms with Crippen molar-refractivity contribution in [1.82, 2.24) is 15.6 Å². The van der Waals surface area contributed by atoms with E-state index in [0.29, 0.717) is 6.42 Å². The van der Waals surface area contributed by atoms with Crippen LogP contribution in [0.1, 0.15) is 29.1 Å². The average Bonchev–Trinajstić information content (AvgIpc) is 2.90. The predicted molar refractivity (Wildman–Crippen MR) is 101 cm³/mol. The number of carbonyl (C=O) groups is 1. The molecule has 1 aromatic rings. The Hall–Kier alpha value is -0.900. The normalized spacial score (nSPS) is 10.8. The van der Waals surface area contributed by atoms with Crippen LogP contribution in [0.3, 0.4) is 0 Å². The Morgan fingerprint density at radius 3 is 2.68 bits per heavy atom. The summed E-state index contributed by atoms with van der Waals surface area (Å²) in [4.78, 5) is 20.7. The van der Waals surface area contributed by atoms with Gasteiger partial charge >= 0.3 is 5.97 Å². The summed E-state index contributed by atoms with van der Waals surface area (Å²) in [5.41, 5.74) is 0. The summed E-state index contributed by atoms with van der Waals surface area (Å²) in [6.07, 6.45) is 4.97. The highest BCUT2D eigenvalue weighted by atomic mass is 127. The van der Waals surface area contributed by atoms with Gasteiger partial charge in [-0.15, -0.1) is 35.3 Å². The SMILES string of the molecule is CN=C(NCCCCC(=O)OC)NCCc1ncc(C)s1.I. The number of nitrogens with one attached hydrogen (secondary N) is 2. The Labute approximate surface area is 153 Å². The van der Waals surface area contributed by atoms with Crippen LogP contribution in [0.15, 0.2) is 11.2 Å². The Balaban J connectivity index is 0.00000441. The highest BCUT2D eigenvalue weighted by molar-refractivity contribution is 14.0. The molecule has 0 aliphatic heterocycles. The summed E-state index contributed by atoms with van der Waals surface area (Å²) < 4.78 is 4.60. The number of aromatic nitrogens is 1. The first-order valence-electron chi connectivity index (χ1n) is 7.08. The third-order valence-electron chi connectivity index (χ3n) is 2.85. The second-order valence-corrected chi connectivity index (χ2v) is 5.89. The lowest BCUT2D eigenvalue weighted by Crippen LogP contribution is -2.38. The third-order valence-corrected chi connectivity index (χ3v) is 3.82. The van der Waals surface area contributed by atoms with Crippen molar-refractivity contribution in [3.8, 4) is 0 Å². The Morgan fingerprint density at radius 2 is 2.09 bits per heavy atom. The van der Waals surface area contributed by atoms with E-state index < -0.39 is 0 Å². The molecule has 22 heavy (non-hydrogen) atoms. The van der Waals surface area contributed by atoms with Crippen molar-refractivity contribution in [2.75, 3.05) is 27.2 Å². The first-order valence-corrected chi connectivity index (χ1v) is 7.90. The number of hydrogen-bond donors (Lipinski definition) is 2. The van der Waals surface area contributed by atoms with Crippen LogP contribution in [0.5, 0.6) is 0 Å². The lowest BCUT2D eigenvalue weighted by atomic mass is 10.2. The molecule has 0 saturated heterocycles. The second kappa shape index (κ2) is 12.6. The largest absolute Gasteiger partial charge is 0.469 e. The number of aryl methyl sites for hydroxylation is 1. The summed E-state index contributed by atoms with van der Waals surface area (Å²) in [5.74, 6) is 0.623. The molecule has 0 aliphatic carbocycles. The molecule has 2 N–H and O–H groups in total. The maximum Gasteiger partial charge on any atom is 0.305 e. The molecule has 0 amide bonds. The van der Waals surface area contributed by atoms with Crippen molar-refractivity contribution in [1.29, 1.82) is 0 Å². The molecule has 1 aromatic heterocycles. The smallest absolute Gasteiger partial charge is 0.305 e. The second-order valence-electron chi connectivity index (χ2n) is 4.57. The van der Waals surface area contributed by atoms with E-state index in [9.17, 15) is 4.79 Å². The number of thiazole rings is 1. The summed E-state index contributed by atoms with van der Waals surface area (Å²) in [5, 5.41) is 7.61. The Kier molecular flexibility index (Phi) is 12.1. The highest BCUT2D eigenvalue weighted by Crippen LogP contribution is 2.10. The molecule has 0 radical (unpaired) electrons. The van der Waals surface area contributed by atoms with E-state index >= 15 is 0 Å². The number of esters is 1. The van der Waals surface area contributed by atoms with Crippen LogP contribution >= 0.6 is 35.3 Å². The third kappa shape index (κ3) is 9.19. The average molecular weight is 440 g/mol. The lowest BCUT2D eigenvalue weighted by molar-refractivity contribution is -0.140. The molecule has 0 unspecified atom stereocenters. The van der Waals surface area contributed by atoms with Gasteiger partial charge in [0.15, 0.2) is 5.96 Å². The summed E-state index contributed by atoms with van der Waals surface area (Å²) in [6, 6.07) is 0. The van der Waals surface area contributed by atoms with Crippen molar-refractivity contribution >= 4 is 47.2 Å². The van der Waals surface area contributed by atoms with E-state index in [1.165, 1.54) is 12.0 Å². The minimum atomic E-state index is -0.156. The van der Waals surface area contributed by atoms with Crippen LogP contribution in [-0.2, 0) is 16.0 Å². The van der Waals surface area contributed by atoms with Crippen LogP contribution < -0.4 is 10.6 Å². The number of halogens is 1. The quantitative estimate of drug-likeness (QED) is 0.213. The molecule has 1 heterocycles. The molecule has 8 heteroatoms. The number of hydrogen-bond acceptors (Lipinski definition) is 5. The molecule has 0 bridgehead atoms. The van der Waals surface area contributed by atoms with Crippen LogP contribution in [-0.4, -0.2) is 44.2 Å².